The van der Waals surface area contributed by atoms with E-state index < -0.39 is 0 Å². The van der Waals surface area contributed by atoms with E-state index in [1.165, 1.54) is 30.6 Å². The van der Waals surface area contributed by atoms with Crippen LogP contribution in [-0.4, -0.2) is 37.1 Å². The van der Waals surface area contributed by atoms with E-state index in [2.05, 4.69) is 26.6 Å². The molecule has 1 amide bonds. The standard InChI is InChI=1S/C22H24N4OS2/c27-20(17-13-29-21(25-17)19-7-3-12-28-19)24-16-5-1-2-6-18(16)26-11-9-22(15-26)8-4-10-23-14-22/h1-3,5-7,12-13,23H,4,8-11,14-15H2,(H,24,27). The van der Waals surface area contributed by atoms with Gasteiger partial charge in [-0.3, -0.25) is 4.79 Å². The molecule has 1 atom stereocenters. The van der Waals surface area contributed by atoms with E-state index in [9.17, 15) is 4.79 Å². The number of piperidine rings is 1. The minimum atomic E-state index is -0.148. The Morgan fingerprint density at radius 2 is 2.10 bits per heavy atom. The van der Waals surface area contributed by atoms with Crippen molar-refractivity contribution in [1.29, 1.82) is 0 Å². The molecule has 2 fully saturated rings. The molecule has 2 saturated heterocycles. The highest BCUT2D eigenvalue weighted by Gasteiger charge is 2.39. The molecule has 2 N–H and O–H groups in total. The summed E-state index contributed by atoms with van der Waals surface area (Å²) in [4.78, 5) is 20.9. The van der Waals surface area contributed by atoms with Crippen LogP contribution < -0.4 is 15.5 Å². The van der Waals surface area contributed by atoms with E-state index in [1.54, 1.807) is 11.3 Å². The van der Waals surface area contributed by atoms with Gasteiger partial charge in [0.25, 0.3) is 5.91 Å². The van der Waals surface area contributed by atoms with Gasteiger partial charge in [-0.25, -0.2) is 4.98 Å². The van der Waals surface area contributed by atoms with Crippen LogP contribution in [0.25, 0.3) is 9.88 Å². The quantitative estimate of drug-likeness (QED) is 0.637. The van der Waals surface area contributed by atoms with Gasteiger partial charge in [-0.05, 0) is 49.4 Å². The molecular formula is C22H24N4OS2. The second-order valence-electron chi connectivity index (χ2n) is 7.94. The van der Waals surface area contributed by atoms with E-state index in [0.717, 1.165) is 47.4 Å². The van der Waals surface area contributed by atoms with Gasteiger partial charge in [0.05, 0.1) is 16.3 Å². The van der Waals surface area contributed by atoms with Crippen LogP contribution in [0, 0.1) is 5.41 Å². The molecule has 5 nitrogen and oxygen atoms in total. The number of nitrogens with zero attached hydrogens (tertiary/aromatic N) is 2. The zero-order chi connectivity index (χ0) is 19.7. The number of hydrogen-bond donors (Lipinski definition) is 2. The Kier molecular flexibility index (Phi) is 5.11. The lowest BCUT2D eigenvalue weighted by Gasteiger charge is -2.34. The lowest BCUT2D eigenvalue weighted by molar-refractivity contribution is 0.102. The summed E-state index contributed by atoms with van der Waals surface area (Å²) in [6.45, 7) is 4.32. The number of anilines is 2. The van der Waals surface area contributed by atoms with Crippen LogP contribution in [0.1, 0.15) is 29.8 Å². The van der Waals surface area contributed by atoms with E-state index in [0.29, 0.717) is 11.1 Å². The number of carbonyl (C=O) groups excluding carboxylic acids is 1. The van der Waals surface area contributed by atoms with E-state index >= 15 is 0 Å². The van der Waals surface area contributed by atoms with Crippen LogP contribution in [0.2, 0.25) is 0 Å². The summed E-state index contributed by atoms with van der Waals surface area (Å²) in [6.07, 6.45) is 3.75. The van der Waals surface area contributed by atoms with Crippen molar-refractivity contribution in [2.45, 2.75) is 19.3 Å². The second kappa shape index (κ2) is 7.89. The fraction of sp³-hybridized carbons (Fsp3) is 0.364. The van der Waals surface area contributed by atoms with Gasteiger partial charge in [0.1, 0.15) is 10.7 Å². The molecule has 150 valence electrons. The summed E-state index contributed by atoms with van der Waals surface area (Å²) in [6, 6.07) is 12.2. The van der Waals surface area contributed by atoms with Crippen LogP contribution in [0.5, 0.6) is 0 Å². The van der Waals surface area contributed by atoms with Crippen molar-refractivity contribution >= 4 is 40.0 Å². The van der Waals surface area contributed by atoms with Gasteiger partial charge in [0, 0.05) is 30.4 Å². The van der Waals surface area contributed by atoms with Crippen LogP contribution in [-0.2, 0) is 0 Å². The Morgan fingerprint density at radius 1 is 1.17 bits per heavy atom. The Morgan fingerprint density at radius 3 is 2.93 bits per heavy atom. The van der Waals surface area contributed by atoms with E-state index in [-0.39, 0.29) is 5.91 Å². The summed E-state index contributed by atoms with van der Waals surface area (Å²) >= 11 is 3.15. The number of carbonyl (C=O) groups is 1. The molecule has 1 aromatic carbocycles. The molecular weight excluding hydrogens is 400 g/mol. The Balaban J connectivity index is 1.33. The lowest BCUT2D eigenvalue weighted by atomic mass is 9.80. The molecule has 2 aromatic heterocycles. The van der Waals surface area contributed by atoms with Crippen LogP contribution in [0.3, 0.4) is 0 Å². The van der Waals surface area contributed by atoms with Crippen molar-refractivity contribution < 1.29 is 4.79 Å². The number of amides is 1. The minimum absolute atomic E-state index is 0.148. The maximum Gasteiger partial charge on any atom is 0.275 e. The number of benzene rings is 1. The Bertz CT molecular complexity index is 992. The average molecular weight is 425 g/mol. The van der Waals surface area contributed by atoms with Crippen molar-refractivity contribution in [2.75, 3.05) is 36.4 Å². The lowest BCUT2D eigenvalue weighted by Crippen LogP contribution is -2.42. The van der Waals surface area contributed by atoms with Gasteiger partial charge in [0.2, 0.25) is 0 Å². The normalized spacial score (nSPS) is 21.6. The zero-order valence-corrected chi connectivity index (χ0v) is 17.8. The highest BCUT2D eigenvalue weighted by atomic mass is 32.1. The number of hydrogen-bond acceptors (Lipinski definition) is 6. The molecule has 7 heteroatoms. The third kappa shape index (κ3) is 3.82. The first kappa shape index (κ1) is 18.8. The van der Waals surface area contributed by atoms with Gasteiger partial charge >= 0.3 is 0 Å². The molecule has 1 unspecified atom stereocenters. The first-order valence-electron chi connectivity index (χ1n) is 10.1. The third-order valence-electron chi connectivity index (χ3n) is 5.96. The predicted octanol–water partition coefficient (Wildman–Crippen LogP) is 4.70. The highest BCUT2D eigenvalue weighted by molar-refractivity contribution is 7.20. The smallest absolute Gasteiger partial charge is 0.275 e. The fourth-order valence-corrected chi connectivity index (χ4v) is 6.07. The maximum absolute atomic E-state index is 12.9. The SMILES string of the molecule is O=C(Nc1ccccc1N1CCC2(CCCNC2)C1)c1csc(-c2cccs2)n1. The van der Waals surface area contributed by atoms with Crippen LogP contribution in [0.15, 0.2) is 47.2 Å². The average Bonchev–Trinajstić information content (AvgIpc) is 3.50. The number of rotatable bonds is 4. The van der Waals surface area contributed by atoms with Gasteiger partial charge in [-0.1, -0.05) is 18.2 Å². The molecule has 2 aliphatic heterocycles. The second-order valence-corrected chi connectivity index (χ2v) is 9.74. The number of thiophene rings is 1. The Hall–Kier alpha value is -2.22. The van der Waals surface area contributed by atoms with Crippen LogP contribution >= 0.6 is 22.7 Å². The molecule has 0 bridgehead atoms. The molecule has 4 heterocycles. The first-order chi connectivity index (χ1) is 14.2. The topological polar surface area (TPSA) is 57.3 Å². The number of aromatic nitrogens is 1. The number of para-hydroxylation sites is 2. The summed E-state index contributed by atoms with van der Waals surface area (Å²) < 4.78 is 0. The van der Waals surface area contributed by atoms with Gasteiger partial charge < -0.3 is 15.5 Å². The van der Waals surface area contributed by atoms with Gasteiger partial charge in [-0.2, -0.15) is 0 Å². The zero-order valence-electron chi connectivity index (χ0n) is 16.2. The van der Waals surface area contributed by atoms with Gasteiger partial charge in [0.15, 0.2) is 0 Å². The molecule has 0 saturated carbocycles. The summed E-state index contributed by atoms with van der Waals surface area (Å²) in [5.74, 6) is -0.148. The van der Waals surface area contributed by atoms with Crippen molar-refractivity contribution in [3.63, 3.8) is 0 Å². The molecule has 5 rings (SSSR count). The highest BCUT2D eigenvalue weighted by Crippen LogP contribution is 2.40. The van der Waals surface area contributed by atoms with Crippen molar-refractivity contribution in [3.8, 4) is 9.88 Å². The van der Waals surface area contributed by atoms with Gasteiger partial charge in [-0.15, -0.1) is 22.7 Å². The minimum Gasteiger partial charge on any atom is -0.369 e. The van der Waals surface area contributed by atoms with E-state index in [4.69, 9.17) is 0 Å². The monoisotopic (exact) mass is 424 g/mol. The first-order valence-corrected chi connectivity index (χ1v) is 11.8. The fourth-order valence-electron chi connectivity index (χ4n) is 4.45. The summed E-state index contributed by atoms with van der Waals surface area (Å²) in [7, 11) is 0. The maximum atomic E-state index is 12.9. The number of thiazole rings is 1. The molecule has 3 aromatic rings. The largest absolute Gasteiger partial charge is 0.369 e. The summed E-state index contributed by atoms with van der Waals surface area (Å²) in [5, 5.41) is 11.4. The molecule has 0 aliphatic carbocycles. The Labute approximate surface area is 178 Å². The molecule has 1 spiro atoms. The van der Waals surface area contributed by atoms with Crippen molar-refractivity contribution in [1.82, 2.24) is 10.3 Å². The van der Waals surface area contributed by atoms with Crippen molar-refractivity contribution in [3.05, 3.63) is 52.9 Å². The molecule has 2 aliphatic rings. The molecule has 0 radical (unpaired) electrons. The van der Waals surface area contributed by atoms with Crippen molar-refractivity contribution in [2.24, 2.45) is 5.41 Å². The summed E-state index contributed by atoms with van der Waals surface area (Å²) in [5.41, 5.74) is 2.82. The predicted molar refractivity (Wildman–Crippen MR) is 121 cm³/mol. The molecule has 29 heavy (non-hydrogen) atoms. The third-order valence-corrected chi connectivity index (χ3v) is 7.84. The van der Waals surface area contributed by atoms with E-state index in [1.807, 2.05) is 41.1 Å². The number of nitrogens with one attached hydrogen (secondary N) is 2. The van der Waals surface area contributed by atoms with Crippen LogP contribution in [0.4, 0.5) is 11.4 Å².